The third-order valence-electron chi connectivity index (χ3n) is 5.40. The van der Waals surface area contributed by atoms with Crippen LogP contribution in [0.1, 0.15) is 45.4 Å². The van der Waals surface area contributed by atoms with E-state index in [1.54, 1.807) is 0 Å². The highest BCUT2D eigenvalue weighted by atomic mass is 16.5. The van der Waals surface area contributed by atoms with Crippen molar-refractivity contribution in [3.8, 4) is 0 Å². The number of primary amides is 1. The van der Waals surface area contributed by atoms with E-state index in [0.29, 0.717) is 12.0 Å². The highest BCUT2D eigenvalue weighted by molar-refractivity contribution is 5.85. The van der Waals surface area contributed by atoms with Gasteiger partial charge in [-0.25, -0.2) is 0 Å². The van der Waals surface area contributed by atoms with Crippen LogP contribution in [0.15, 0.2) is 0 Å². The van der Waals surface area contributed by atoms with Gasteiger partial charge >= 0.3 is 0 Å². The lowest BCUT2D eigenvalue weighted by Gasteiger charge is -2.36. The summed E-state index contributed by atoms with van der Waals surface area (Å²) in [5, 5.41) is 3.40. The van der Waals surface area contributed by atoms with Crippen LogP contribution >= 0.6 is 0 Å². The number of ether oxygens (including phenoxy) is 1. The summed E-state index contributed by atoms with van der Waals surface area (Å²) in [7, 11) is 2.20. The van der Waals surface area contributed by atoms with Gasteiger partial charge in [-0.2, -0.15) is 0 Å². The number of nitrogens with one attached hydrogen (secondary N) is 1. The van der Waals surface area contributed by atoms with Crippen molar-refractivity contribution in [1.29, 1.82) is 0 Å². The van der Waals surface area contributed by atoms with Crippen LogP contribution in [0.25, 0.3) is 0 Å². The zero-order chi connectivity index (χ0) is 15.3. The lowest BCUT2D eigenvalue weighted by molar-refractivity contribution is -0.126. The van der Waals surface area contributed by atoms with Gasteiger partial charge in [0.1, 0.15) is 5.54 Å². The third kappa shape index (κ3) is 3.76. The summed E-state index contributed by atoms with van der Waals surface area (Å²) < 4.78 is 5.43. The molecule has 2 unspecified atom stereocenters. The largest absolute Gasteiger partial charge is 0.381 e. The minimum absolute atomic E-state index is 0.166. The molecule has 1 aliphatic carbocycles. The second kappa shape index (κ2) is 7.56. The van der Waals surface area contributed by atoms with Crippen molar-refractivity contribution in [1.82, 2.24) is 10.2 Å². The van der Waals surface area contributed by atoms with Gasteiger partial charge in [0.2, 0.25) is 5.91 Å². The SMILES string of the molecule is CCNC1(C(N)=O)CCCC1CCN(C)C1CCOCC1. The first-order chi connectivity index (χ1) is 10.1. The van der Waals surface area contributed by atoms with Crippen LogP contribution < -0.4 is 11.1 Å². The molecule has 1 saturated carbocycles. The average molecular weight is 297 g/mol. The molecule has 0 aromatic carbocycles. The standard InChI is InChI=1S/C16H31N3O2/c1-3-18-16(15(17)20)9-4-5-13(16)6-10-19(2)14-7-11-21-12-8-14/h13-14,18H,3-12H2,1-2H3,(H2,17,20). The Morgan fingerprint density at radius 3 is 2.71 bits per heavy atom. The minimum atomic E-state index is -0.467. The molecular weight excluding hydrogens is 266 g/mol. The van der Waals surface area contributed by atoms with Crippen molar-refractivity contribution >= 4 is 5.91 Å². The van der Waals surface area contributed by atoms with Crippen LogP contribution in [0.3, 0.4) is 0 Å². The second-order valence-corrected chi connectivity index (χ2v) is 6.57. The van der Waals surface area contributed by atoms with Crippen LogP contribution in [0, 0.1) is 5.92 Å². The lowest BCUT2D eigenvalue weighted by atomic mass is 9.83. The number of likely N-dealkylation sites (N-methyl/N-ethyl adjacent to an activating group) is 1. The predicted molar refractivity (Wildman–Crippen MR) is 84.0 cm³/mol. The second-order valence-electron chi connectivity index (χ2n) is 6.57. The van der Waals surface area contributed by atoms with Crippen molar-refractivity contribution in [2.75, 3.05) is 33.4 Å². The summed E-state index contributed by atoms with van der Waals surface area (Å²) in [6.45, 7) is 5.64. The number of carbonyl (C=O) groups is 1. The Bertz CT molecular complexity index is 344. The minimum Gasteiger partial charge on any atom is -0.381 e. The smallest absolute Gasteiger partial charge is 0.238 e. The van der Waals surface area contributed by atoms with Gasteiger partial charge in [0.25, 0.3) is 0 Å². The fourth-order valence-corrected chi connectivity index (χ4v) is 4.10. The highest BCUT2D eigenvalue weighted by Crippen LogP contribution is 2.38. The van der Waals surface area contributed by atoms with Gasteiger partial charge in [0, 0.05) is 19.3 Å². The van der Waals surface area contributed by atoms with Gasteiger partial charge in [-0.3, -0.25) is 4.79 Å². The van der Waals surface area contributed by atoms with Gasteiger partial charge in [-0.05, 0) is 58.2 Å². The molecule has 0 aromatic heterocycles. The Morgan fingerprint density at radius 1 is 1.38 bits per heavy atom. The molecule has 0 spiro atoms. The summed E-state index contributed by atoms with van der Waals surface area (Å²) in [6, 6.07) is 0.627. The van der Waals surface area contributed by atoms with Crippen LogP contribution in [0.2, 0.25) is 0 Å². The van der Waals surface area contributed by atoms with E-state index in [9.17, 15) is 4.79 Å². The zero-order valence-electron chi connectivity index (χ0n) is 13.6. The molecule has 0 aromatic rings. The number of nitrogens with zero attached hydrogens (tertiary/aromatic N) is 1. The molecule has 1 amide bonds. The van der Waals surface area contributed by atoms with Crippen LogP contribution in [-0.2, 0) is 9.53 Å². The summed E-state index contributed by atoms with van der Waals surface area (Å²) in [5.74, 6) is 0.206. The number of rotatable bonds is 7. The molecule has 1 saturated heterocycles. The number of nitrogens with two attached hydrogens (primary N) is 1. The van der Waals surface area contributed by atoms with E-state index in [-0.39, 0.29) is 5.91 Å². The van der Waals surface area contributed by atoms with Gasteiger partial charge < -0.3 is 20.7 Å². The topological polar surface area (TPSA) is 67.6 Å². The number of amides is 1. The van der Waals surface area contributed by atoms with E-state index in [1.165, 1.54) is 0 Å². The molecule has 0 radical (unpaired) electrons. The highest BCUT2D eigenvalue weighted by Gasteiger charge is 2.46. The summed E-state index contributed by atoms with van der Waals surface area (Å²) in [6.07, 6.45) is 6.38. The molecule has 1 heterocycles. The number of hydrogen-bond acceptors (Lipinski definition) is 4. The molecule has 5 nitrogen and oxygen atoms in total. The van der Waals surface area contributed by atoms with Crippen molar-refractivity contribution in [3.05, 3.63) is 0 Å². The summed E-state index contributed by atoms with van der Waals surface area (Å²) >= 11 is 0. The molecule has 2 rings (SSSR count). The van der Waals surface area contributed by atoms with Gasteiger partial charge in [-0.1, -0.05) is 13.3 Å². The predicted octanol–water partition coefficient (Wildman–Crippen LogP) is 1.12. The van der Waals surface area contributed by atoms with E-state index in [0.717, 1.165) is 64.8 Å². The summed E-state index contributed by atoms with van der Waals surface area (Å²) in [5.41, 5.74) is 5.26. The molecule has 1 aliphatic heterocycles. The number of hydrogen-bond donors (Lipinski definition) is 2. The van der Waals surface area contributed by atoms with Gasteiger partial charge in [-0.15, -0.1) is 0 Å². The van der Waals surface area contributed by atoms with Crippen molar-refractivity contribution < 1.29 is 9.53 Å². The van der Waals surface area contributed by atoms with Crippen molar-refractivity contribution in [2.45, 2.75) is 57.0 Å². The fraction of sp³-hybridized carbons (Fsp3) is 0.938. The lowest BCUT2D eigenvalue weighted by Crippen LogP contribution is -2.58. The first-order valence-corrected chi connectivity index (χ1v) is 8.43. The monoisotopic (exact) mass is 297 g/mol. The van der Waals surface area contributed by atoms with Crippen molar-refractivity contribution in [3.63, 3.8) is 0 Å². The maximum Gasteiger partial charge on any atom is 0.238 e. The zero-order valence-corrected chi connectivity index (χ0v) is 13.6. The quantitative estimate of drug-likeness (QED) is 0.739. The van der Waals surface area contributed by atoms with E-state index in [4.69, 9.17) is 10.5 Å². The Labute approximate surface area is 128 Å². The van der Waals surface area contributed by atoms with E-state index in [2.05, 4.69) is 17.3 Å². The first-order valence-electron chi connectivity index (χ1n) is 8.43. The van der Waals surface area contributed by atoms with Crippen molar-refractivity contribution in [2.24, 2.45) is 11.7 Å². The molecule has 2 aliphatic rings. The normalized spacial score (nSPS) is 30.9. The molecule has 3 N–H and O–H groups in total. The Morgan fingerprint density at radius 2 is 2.10 bits per heavy atom. The molecule has 21 heavy (non-hydrogen) atoms. The molecule has 2 atom stereocenters. The maximum absolute atomic E-state index is 12.0. The molecular formula is C16H31N3O2. The molecule has 5 heteroatoms. The van der Waals surface area contributed by atoms with E-state index in [1.807, 2.05) is 6.92 Å². The molecule has 0 bridgehead atoms. The first kappa shape index (κ1) is 16.7. The third-order valence-corrected chi connectivity index (χ3v) is 5.40. The Kier molecular flexibility index (Phi) is 6.02. The molecule has 122 valence electrons. The van der Waals surface area contributed by atoms with Gasteiger partial charge in [0.05, 0.1) is 0 Å². The molecule has 2 fully saturated rings. The fourth-order valence-electron chi connectivity index (χ4n) is 4.10. The summed E-state index contributed by atoms with van der Waals surface area (Å²) in [4.78, 5) is 14.4. The van der Waals surface area contributed by atoms with E-state index < -0.39 is 5.54 Å². The Balaban J connectivity index is 1.89. The van der Waals surface area contributed by atoms with E-state index >= 15 is 0 Å². The maximum atomic E-state index is 12.0. The number of carbonyl (C=O) groups excluding carboxylic acids is 1. The van der Waals surface area contributed by atoms with Crippen LogP contribution in [0.4, 0.5) is 0 Å². The van der Waals surface area contributed by atoms with Crippen LogP contribution in [0.5, 0.6) is 0 Å². The average Bonchev–Trinajstić information content (AvgIpc) is 2.90. The van der Waals surface area contributed by atoms with Crippen LogP contribution in [-0.4, -0.2) is 55.7 Å². The Hall–Kier alpha value is -0.650. The van der Waals surface area contributed by atoms with Gasteiger partial charge in [0.15, 0.2) is 0 Å².